The Balaban J connectivity index is 2.32. The molecule has 1 N–H and O–H groups in total. The van der Waals surface area contributed by atoms with E-state index in [0.29, 0.717) is 0 Å². The van der Waals surface area contributed by atoms with Gasteiger partial charge in [-0.1, -0.05) is 11.8 Å². The van der Waals surface area contributed by atoms with E-state index >= 15 is 0 Å². The van der Waals surface area contributed by atoms with Crippen molar-refractivity contribution >= 4 is 11.8 Å². The Bertz CT molecular complexity index is 44.9. The fraction of sp³-hybridized carbons (Fsp3) is 0. The average Bonchev–Trinajstić information content (AvgIpc) is 1.76. The first-order chi connectivity index (χ1) is 2.50. The summed E-state index contributed by atoms with van der Waals surface area (Å²) in [5.74, 6) is 2.72. The van der Waals surface area contributed by atoms with Gasteiger partial charge in [-0.3, -0.25) is 0 Å². The lowest BCUT2D eigenvalue weighted by Crippen LogP contribution is -1.87. The normalized spacial score (nSPS) is 19.2. The highest BCUT2D eigenvalue weighted by molar-refractivity contribution is 8.04. The molecular weight excluding hydrogens is 82.1 g/mol. The molecule has 1 aliphatic heterocycles. The van der Waals surface area contributed by atoms with E-state index in [1.807, 2.05) is 0 Å². The predicted octanol–water partition coefficient (Wildman–Crippen LogP) is 0.593. The van der Waals surface area contributed by atoms with Gasteiger partial charge in [-0.05, 0) is 5.41 Å². The van der Waals surface area contributed by atoms with E-state index in [9.17, 15) is 0 Å². The molecule has 0 unspecified atom stereocenters. The minimum absolute atomic E-state index is 1.48. The fourth-order valence-electron chi connectivity index (χ4n) is 0.147. The summed E-state index contributed by atoms with van der Waals surface area (Å²) in [5.41, 5.74) is 0. The summed E-state index contributed by atoms with van der Waals surface area (Å²) in [6, 6.07) is 0. The molecule has 0 aliphatic carbocycles. The summed E-state index contributed by atoms with van der Waals surface area (Å²) in [6.07, 6.45) is 2.70. The third-order valence-electron chi connectivity index (χ3n) is 0.300. The lowest BCUT2D eigenvalue weighted by atomic mass is 11.0. The van der Waals surface area contributed by atoms with Crippen LogP contribution in [0.3, 0.4) is 0 Å². The highest BCUT2D eigenvalue weighted by atomic mass is 32.2. The van der Waals surface area contributed by atoms with Crippen molar-refractivity contribution in [1.82, 2.24) is 5.32 Å². The van der Waals surface area contributed by atoms with Crippen molar-refractivity contribution in [3.8, 4) is 0 Å². The second-order valence-electron chi connectivity index (χ2n) is 0.607. The Labute approximate surface area is 35.4 Å². The van der Waals surface area contributed by atoms with Gasteiger partial charge in [0.25, 0.3) is 0 Å². The monoisotopic (exact) mass is 84.0 g/mol. The number of nitrogens with one attached hydrogen (secondary N) is 1. The quantitative estimate of drug-likeness (QED) is 0.461. The van der Waals surface area contributed by atoms with Crippen LogP contribution in [0.1, 0.15) is 0 Å². The number of hydrogen-bond donors (Lipinski definition) is 1. The number of rotatable bonds is 0. The molecule has 0 aromatic rings. The summed E-state index contributed by atoms with van der Waals surface area (Å²) < 4.78 is 0. The van der Waals surface area contributed by atoms with Crippen molar-refractivity contribution in [2.24, 2.45) is 0 Å². The topological polar surface area (TPSA) is 12.0 Å². The molecule has 1 aliphatic rings. The summed E-state index contributed by atoms with van der Waals surface area (Å²) >= 11 is 1.48. The molecule has 1 nitrogen and oxygen atoms in total. The molecular formula is C3H2NS. The van der Waals surface area contributed by atoms with Crippen molar-refractivity contribution in [2.45, 2.75) is 0 Å². The van der Waals surface area contributed by atoms with E-state index in [0.717, 1.165) is 0 Å². The molecule has 0 fully saturated rings. The Morgan fingerprint density at radius 2 is 2.80 bits per heavy atom. The molecule has 0 atom stereocenters. The van der Waals surface area contributed by atoms with Crippen LogP contribution in [0.2, 0.25) is 0 Å². The number of thioether (sulfide) groups is 1. The van der Waals surface area contributed by atoms with Gasteiger partial charge >= 0.3 is 0 Å². The third-order valence-corrected chi connectivity index (χ3v) is 0.756. The largest absolute Gasteiger partial charge is 0.363 e. The van der Waals surface area contributed by atoms with Crippen LogP contribution in [0.4, 0.5) is 0 Å². The van der Waals surface area contributed by atoms with E-state index in [1.165, 1.54) is 11.8 Å². The zero-order valence-corrected chi connectivity index (χ0v) is 3.30. The van der Waals surface area contributed by atoms with Crippen molar-refractivity contribution in [2.75, 3.05) is 0 Å². The average molecular weight is 84.1 g/mol. The van der Waals surface area contributed by atoms with Crippen LogP contribution < -0.4 is 5.32 Å². The van der Waals surface area contributed by atoms with Gasteiger partial charge in [0.2, 0.25) is 0 Å². The van der Waals surface area contributed by atoms with E-state index in [2.05, 4.69) is 17.4 Å². The van der Waals surface area contributed by atoms with Gasteiger partial charge in [-0.2, -0.15) is 0 Å². The Hall–Kier alpha value is -0.110. The van der Waals surface area contributed by atoms with Gasteiger partial charge < -0.3 is 5.32 Å². The summed E-state index contributed by atoms with van der Waals surface area (Å²) in [5, 5.41) is 4.44. The van der Waals surface area contributed by atoms with E-state index < -0.39 is 0 Å². The van der Waals surface area contributed by atoms with E-state index in [-0.39, 0.29) is 0 Å². The smallest absolute Gasteiger partial charge is 0.161 e. The molecule has 0 aromatic carbocycles. The molecule has 2 heteroatoms. The molecule has 0 saturated heterocycles. The van der Waals surface area contributed by atoms with Crippen LogP contribution in [0.25, 0.3) is 0 Å². The zero-order chi connectivity index (χ0) is 3.54. The molecule has 0 saturated carbocycles. The Morgan fingerprint density at radius 1 is 1.80 bits per heavy atom. The van der Waals surface area contributed by atoms with Crippen LogP contribution >= 0.6 is 11.8 Å². The molecule has 1 rings (SSSR count). The van der Waals surface area contributed by atoms with Crippen LogP contribution in [-0.4, -0.2) is 0 Å². The van der Waals surface area contributed by atoms with E-state index in [4.69, 9.17) is 0 Å². The molecule has 0 aromatic heterocycles. The van der Waals surface area contributed by atoms with Crippen molar-refractivity contribution in [3.05, 3.63) is 17.5 Å². The van der Waals surface area contributed by atoms with Gasteiger partial charge in [-0.25, -0.2) is 0 Å². The second-order valence-corrected chi connectivity index (χ2v) is 1.28. The summed E-state index contributed by atoms with van der Waals surface area (Å²) in [6.45, 7) is 0. The maximum Gasteiger partial charge on any atom is 0.161 e. The van der Waals surface area contributed by atoms with Crippen LogP contribution in [0.15, 0.2) is 5.41 Å². The van der Waals surface area contributed by atoms with Gasteiger partial charge in [0, 0.05) is 0 Å². The SMILES string of the molecule is [C]1N[C]=CS1. The fourth-order valence-corrected chi connectivity index (χ4v) is 0.442. The summed E-state index contributed by atoms with van der Waals surface area (Å²) in [4.78, 5) is 0. The minimum atomic E-state index is 1.48. The standard InChI is InChI=1S/C3H2NS/c1-2-5-3-4-1/h2,4H. The zero-order valence-electron chi connectivity index (χ0n) is 2.49. The lowest BCUT2D eigenvalue weighted by Gasteiger charge is -1.72. The van der Waals surface area contributed by atoms with Gasteiger partial charge in [-0.15, -0.1) is 0 Å². The lowest BCUT2D eigenvalue weighted by molar-refractivity contribution is 1.15. The second kappa shape index (κ2) is 1.36. The first-order valence-corrected chi connectivity index (χ1v) is 2.11. The predicted molar refractivity (Wildman–Crippen MR) is 21.8 cm³/mol. The van der Waals surface area contributed by atoms with Crippen molar-refractivity contribution in [1.29, 1.82) is 0 Å². The summed E-state index contributed by atoms with van der Waals surface area (Å²) in [7, 11) is 0. The minimum Gasteiger partial charge on any atom is -0.363 e. The van der Waals surface area contributed by atoms with Gasteiger partial charge in [0.1, 0.15) is 0 Å². The van der Waals surface area contributed by atoms with Gasteiger partial charge in [0.15, 0.2) is 5.88 Å². The molecule has 0 bridgehead atoms. The molecule has 3 radical (unpaired) electrons. The number of hydrogen-bond acceptors (Lipinski definition) is 2. The molecule has 5 heavy (non-hydrogen) atoms. The third kappa shape index (κ3) is 0.581. The van der Waals surface area contributed by atoms with Crippen molar-refractivity contribution < 1.29 is 0 Å². The maximum atomic E-state index is 2.72. The first kappa shape index (κ1) is 3.09. The first-order valence-electron chi connectivity index (χ1n) is 1.23. The van der Waals surface area contributed by atoms with Crippen molar-refractivity contribution in [3.63, 3.8) is 0 Å². The molecule has 1 heterocycles. The Kier molecular flexibility index (Phi) is 0.841. The maximum absolute atomic E-state index is 2.72. The highest BCUT2D eigenvalue weighted by Gasteiger charge is 1.86. The Morgan fingerprint density at radius 3 is 3.00 bits per heavy atom. The van der Waals surface area contributed by atoms with E-state index in [1.54, 1.807) is 5.41 Å². The molecule has 0 amide bonds. The molecule has 0 spiro atoms. The van der Waals surface area contributed by atoms with Gasteiger partial charge in [0.05, 0.1) is 6.20 Å². The highest BCUT2D eigenvalue weighted by Crippen LogP contribution is 2.07. The van der Waals surface area contributed by atoms with Crippen LogP contribution in [0, 0.1) is 12.1 Å². The van der Waals surface area contributed by atoms with Crippen LogP contribution in [-0.2, 0) is 0 Å². The van der Waals surface area contributed by atoms with Crippen LogP contribution in [0.5, 0.6) is 0 Å². The molecule has 25 valence electrons.